The average Bonchev–Trinajstić information content (AvgIpc) is 2.86. The number of amides is 1. The molecule has 0 saturated heterocycles. The van der Waals surface area contributed by atoms with E-state index in [2.05, 4.69) is 38.1 Å². The van der Waals surface area contributed by atoms with Crippen molar-refractivity contribution in [3.8, 4) is 0 Å². The summed E-state index contributed by atoms with van der Waals surface area (Å²) in [5.74, 6) is 0.124. The van der Waals surface area contributed by atoms with E-state index in [9.17, 15) is 4.79 Å². The van der Waals surface area contributed by atoms with Gasteiger partial charge in [-0.1, -0.05) is 30.3 Å². The molecule has 2 aromatic carbocycles. The smallest absolute Gasteiger partial charge is 0.258 e. The molecule has 0 fully saturated rings. The molecule has 0 aliphatic carbocycles. The maximum atomic E-state index is 12.9. The van der Waals surface area contributed by atoms with E-state index in [1.165, 1.54) is 16.7 Å². The molecule has 0 radical (unpaired) electrons. The van der Waals surface area contributed by atoms with Crippen molar-refractivity contribution in [3.05, 3.63) is 64.2 Å². The molecule has 2 aromatic rings. The van der Waals surface area contributed by atoms with Gasteiger partial charge in [-0.15, -0.1) is 0 Å². The Balaban J connectivity index is 2.04. The summed E-state index contributed by atoms with van der Waals surface area (Å²) < 4.78 is 0. The van der Waals surface area contributed by atoms with Crippen molar-refractivity contribution in [1.82, 2.24) is 0 Å². The fourth-order valence-electron chi connectivity index (χ4n) is 2.98. The number of hydrogen-bond donors (Lipinski definition) is 0. The van der Waals surface area contributed by atoms with E-state index in [4.69, 9.17) is 0 Å². The van der Waals surface area contributed by atoms with Crippen LogP contribution in [-0.4, -0.2) is 12.5 Å². The standard InChI is InChI=1S/C18H19NO/c1-12-6-5-9-16(14(12)3)18(20)19-11-10-15-8-4-7-13(2)17(15)19/h4-9H,10-11H2,1-3H3. The highest BCUT2D eigenvalue weighted by Crippen LogP contribution is 2.33. The monoisotopic (exact) mass is 265 g/mol. The van der Waals surface area contributed by atoms with Crippen molar-refractivity contribution in [2.75, 3.05) is 11.4 Å². The fourth-order valence-corrected chi connectivity index (χ4v) is 2.98. The number of benzene rings is 2. The normalized spacial score (nSPS) is 13.4. The number of para-hydroxylation sites is 1. The summed E-state index contributed by atoms with van der Waals surface area (Å²) in [4.78, 5) is 14.8. The molecule has 0 unspecified atom stereocenters. The molecule has 0 bridgehead atoms. The van der Waals surface area contributed by atoms with Gasteiger partial charge in [-0.2, -0.15) is 0 Å². The molecule has 0 saturated carbocycles. The Morgan fingerprint density at radius 2 is 1.70 bits per heavy atom. The zero-order valence-corrected chi connectivity index (χ0v) is 12.2. The predicted octanol–water partition coefficient (Wildman–Crippen LogP) is 3.81. The summed E-state index contributed by atoms with van der Waals surface area (Å²) in [6, 6.07) is 12.2. The van der Waals surface area contributed by atoms with E-state index in [1.54, 1.807) is 0 Å². The van der Waals surface area contributed by atoms with Gasteiger partial charge >= 0.3 is 0 Å². The number of hydrogen-bond acceptors (Lipinski definition) is 1. The summed E-state index contributed by atoms with van der Waals surface area (Å²) in [5.41, 5.74) is 6.64. The molecular weight excluding hydrogens is 246 g/mol. The third-order valence-electron chi connectivity index (χ3n) is 4.28. The van der Waals surface area contributed by atoms with Crippen molar-refractivity contribution in [3.63, 3.8) is 0 Å². The molecule has 0 aromatic heterocycles. The molecule has 1 aliphatic rings. The van der Waals surface area contributed by atoms with E-state index in [0.717, 1.165) is 29.8 Å². The largest absolute Gasteiger partial charge is 0.307 e. The Morgan fingerprint density at radius 3 is 2.50 bits per heavy atom. The van der Waals surface area contributed by atoms with Gasteiger partial charge in [-0.05, 0) is 55.5 Å². The second-order valence-electron chi connectivity index (χ2n) is 5.54. The SMILES string of the molecule is Cc1cccc(C(=O)N2CCc3cccc(C)c32)c1C. The Kier molecular flexibility index (Phi) is 3.09. The zero-order valence-electron chi connectivity index (χ0n) is 12.2. The minimum Gasteiger partial charge on any atom is -0.307 e. The summed E-state index contributed by atoms with van der Waals surface area (Å²) in [5, 5.41) is 0. The number of nitrogens with zero attached hydrogens (tertiary/aromatic N) is 1. The number of carbonyl (C=O) groups is 1. The molecule has 0 N–H and O–H groups in total. The van der Waals surface area contributed by atoms with Crippen molar-refractivity contribution < 1.29 is 4.79 Å². The lowest BCUT2D eigenvalue weighted by molar-refractivity contribution is 0.0988. The van der Waals surface area contributed by atoms with Gasteiger partial charge in [-0.25, -0.2) is 0 Å². The third-order valence-corrected chi connectivity index (χ3v) is 4.28. The highest BCUT2D eigenvalue weighted by Gasteiger charge is 2.27. The highest BCUT2D eigenvalue weighted by atomic mass is 16.2. The van der Waals surface area contributed by atoms with Gasteiger partial charge in [0.15, 0.2) is 0 Å². The maximum Gasteiger partial charge on any atom is 0.258 e. The van der Waals surface area contributed by atoms with Gasteiger partial charge in [0, 0.05) is 12.1 Å². The predicted molar refractivity (Wildman–Crippen MR) is 82.5 cm³/mol. The molecule has 0 atom stereocenters. The Labute approximate surface area is 120 Å². The van der Waals surface area contributed by atoms with Gasteiger partial charge in [0.05, 0.1) is 5.69 Å². The third kappa shape index (κ3) is 1.92. The van der Waals surface area contributed by atoms with Gasteiger partial charge in [0.25, 0.3) is 5.91 Å². The summed E-state index contributed by atoms with van der Waals surface area (Å²) >= 11 is 0. The first-order chi connectivity index (χ1) is 9.59. The minimum atomic E-state index is 0.124. The molecule has 20 heavy (non-hydrogen) atoms. The first-order valence-corrected chi connectivity index (χ1v) is 7.06. The topological polar surface area (TPSA) is 20.3 Å². The van der Waals surface area contributed by atoms with Gasteiger partial charge in [0.1, 0.15) is 0 Å². The van der Waals surface area contributed by atoms with Crippen LogP contribution in [0.25, 0.3) is 0 Å². The summed E-state index contributed by atoms with van der Waals surface area (Å²) in [6.07, 6.45) is 0.952. The van der Waals surface area contributed by atoms with Crippen LogP contribution < -0.4 is 4.90 Å². The number of anilines is 1. The zero-order chi connectivity index (χ0) is 14.3. The van der Waals surface area contributed by atoms with E-state index in [1.807, 2.05) is 24.0 Å². The molecule has 102 valence electrons. The van der Waals surface area contributed by atoms with Crippen molar-refractivity contribution in [2.45, 2.75) is 27.2 Å². The lowest BCUT2D eigenvalue weighted by atomic mass is 10.0. The number of aryl methyl sites for hydroxylation is 2. The van der Waals surface area contributed by atoms with Crippen LogP contribution in [0.1, 0.15) is 32.6 Å². The Hall–Kier alpha value is -2.09. The van der Waals surface area contributed by atoms with Crippen LogP contribution in [-0.2, 0) is 6.42 Å². The van der Waals surface area contributed by atoms with Crippen molar-refractivity contribution in [1.29, 1.82) is 0 Å². The van der Waals surface area contributed by atoms with Crippen LogP contribution in [0.15, 0.2) is 36.4 Å². The van der Waals surface area contributed by atoms with E-state index < -0.39 is 0 Å². The number of carbonyl (C=O) groups excluding carboxylic acids is 1. The van der Waals surface area contributed by atoms with Crippen LogP contribution in [0.2, 0.25) is 0 Å². The molecule has 0 spiro atoms. The summed E-state index contributed by atoms with van der Waals surface area (Å²) in [6.45, 7) is 6.94. The van der Waals surface area contributed by atoms with Crippen LogP contribution in [0.4, 0.5) is 5.69 Å². The van der Waals surface area contributed by atoms with Gasteiger partial charge in [0.2, 0.25) is 0 Å². The fraction of sp³-hybridized carbons (Fsp3) is 0.278. The van der Waals surface area contributed by atoms with Crippen molar-refractivity contribution >= 4 is 11.6 Å². The summed E-state index contributed by atoms with van der Waals surface area (Å²) in [7, 11) is 0. The van der Waals surface area contributed by atoms with E-state index in [-0.39, 0.29) is 5.91 Å². The lowest BCUT2D eigenvalue weighted by Crippen LogP contribution is -2.30. The van der Waals surface area contributed by atoms with Crippen LogP contribution in [0, 0.1) is 20.8 Å². The lowest BCUT2D eigenvalue weighted by Gasteiger charge is -2.21. The van der Waals surface area contributed by atoms with Crippen LogP contribution >= 0.6 is 0 Å². The van der Waals surface area contributed by atoms with Gasteiger partial charge in [-0.3, -0.25) is 4.79 Å². The number of rotatable bonds is 1. The molecule has 1 aliphatic heterocycles. The minimum absolute atomic E-state index is 0.124. The molecule has 2 heteroatoms. The first kappa shape index (κ1) is 12.9. The molecule has 2 nitrogen and oxygen atoms in total. The average molecular weight is 265 g/mol. The molecular formula is C18H19NO. The Bertz CT molecular complexity index is 688. The first-order valence-electron chi connectivity index (χ1n) is 7.06. The molecule has 1 heterocycles. The van der Waals surface area contributed by atoms with Crippen LogP contribution in [0.3, 0.4) is 0 Å². The molecule has 1 amide bonds. The Morgan fingerprint density at radius 1 is 1.00 bits per heavy atom. The number of fused-ring (bicyclic) bond motifs is 1. The second kappa shape index (κ2) is 4.78. The van der Waals surface area contributed by atoms with E-state index >= 15 is 0 Å². The van der Waals surface area contributed by atoms with Crippen LogP contribution in [0.5, 0.6) is 0 Å². The quantitative estimate of drug-likeness (QED) is 0.767. The maximum absolute atomic E-state index is 12.9. The van der Waals surface area contributed by atoms with Gasteiger partial charge < -0.3 is 4.90 Å². The van der Waals surface area contributed by atoms with Crippen molar-refractivity contribution in [2.24, 2.45) is 0 Å². The second-order valence-corrected chi connectivity index (χ2v) is 5.54. The molecule has 3 rings (SSSR count). The van der Waals surface area contributed by atoms with E-state index in [0.29, 0.717) is 0 Å². The highest BCUT2D eigenvalue weighted by molar-refractivity contribution is 6.08.